The first-order chi connectivity index (χ1) is 8.94. The molecule has 20 heavy (non-hydrogen) atoms. The maximum atomic E-state index is 11.9. The minimum atomic E-state index is -1.25. The fourth-order valence-corrected chi connectivity index (χ4v) is 1.31. The second-order valence-electron chi connectivity index (χ2n) is 5.96. The molecule has 0 aliphatic carbocycles. The third kappa shape index (κ3) is 7.08. The number of hydrogen-bond acceptors (Lipinski definition) is 5. The molecule has 0 unspecified atom stereocenters. The van der Waals surface area contributed by atoms with Gasteiger partial charge in [-0.25, -0.2) is 4.79 Å². The number of carboxylic acid groups (broad SMARTS) is 1. The lowest BCUT2D eigenvalue weighted by atomic mass is 10.0. The number of carboxylic acids is 1. The molecule has 0 rings (SSSR count). The van der Waals surface area contributed by atoms with Crippen molar-refractivity contribution < 1.29 is 24.2 Å². The number of carbonyl (C=O) groups excluding carboxylic acids is 2. The molecule has 0 spiro atoms. The van der Waals surface area contributed by atoms with Crippen molar-refractivity contribution in [1.82, 2.24) is 5.32 Å². The van der Waals surface area contributed by atoms with E-state index in [-0.39, 0.29) is 5.92 Å². The molecule has 116 valence electrons. The summed E-state index contributed by atoms with van der Waals surface area (Å²) in [5, 5.41) is 11.1. The van der Waals surface area contributed by atoms with Gasteiger partial charge in [-0.3, -0.25) is 9.59 Å². The third-order valence-electron chi connectivity index (χ3n) is 2.41. The first kappa shape index (κ1) is 18.4. The topological polar surface area (TPSA) is 119 Å². The van der Waals surface area contributed by atoms with Gasteiger partial charge in [-0.2, -0.15) is 0 Å². The van der Waals surface area contributed by atoms with Crippen LogP contribution in [-0.4, -0.2) is 40.6 Å². The Morgan fingerprint density at radius 1 is 1.25 bits per heavy atom. The molecule has 0 radical (unpaired) electrons. The summed E-state index contributed by atoms with van der Waals surface area (Å²) in [6.45, 7) is 8.48. The van der Waals surface area contributed by atoms with Gasteiger partial charge in [-0.05, 0) is 26.7 Å². The molecule has 0 heterocycles. The Morgan fingerprint density at radius 3 is 2.10 bits per heavy atom. The van der Waals surface area contributed by atoms with Crippen LogP contribution in [0, 0.1) is 5.92 Å². The van der Waals surface area contributed by atoms with Crippen molar-refractivity contribution in [2.45, 2.75) is 58.7 Å². The highest BCUT2D eigenvalue weighted by molar-refractivity contribution is 5.90. The Kier molecular flexibility index (Phi) is 6.64. The molecule has 0 fully saturated rings. The van der Waals surface area contributed by atoms with Crippen molar-refractivity contribution in [1.29, 1.82) is 0 Å². The smallest absolute Gasteiger partial charge is 0.329 e. The molecule has 0 saturated heterocycles. The first-order valence-electron chi connectivity index (χ1n) is 6.44. The molecule has 0 saturated carbocycles. The predicted molar refractivity (Wildman–Crippen MR) is 72.8 cm³/mol. The normalized spacial score (nSPS) is 14.6. The number of carbonyl (C=O) groups is 3. The summed E-state index contributed by atoms with van der Waals surface area (Å²) in [5.41, 5.74) is 4.89. The van der Waals surface area contributed by atoms with Gasteiger partial charge in [0.2, 0.25) is 5.91 Å². The molecule has 0 aromatic carbocycles. The molecule has 7 nitrogen and oxygen atoms in total. The Hall–Kier alpha value is -1.63. The predicted octanol–water partition coefficient (Wildman–Crippen LogP) is 0.271. The number of nitrogens with one attached hydrogen (secondary N) is 1. The van der Waals surface area contributed by atoms with Gasteiger partial charge < -0.3 is 20.9 Å². The molecule has 0 aliphatic rings. The number of ether oxygens (including phenoxy) is 1. The fourth-order valence-electron chi connectivity index (χ4n) is 1.31. The largest absolute Gasteiger partial charge is 0.481 e. The summed E-state index contributed by atoms with van der Waals surface area (Å²) < 4.78 is 5.08. The SMILES string of the molecule is CC(C)[C@H](N)C(=O)N[C@@H](CC(=O)O)C(=O)OC(C)(C)C. The Labute approximate surface area is 118 Å². The van der Waals surface area contributed by atoms with E-state index in [0.717, 1.165) is 0 Å². The van der Waals surface area contributed by atoms with Gasteiger partial charge in [-0.15, -0.1) is 0 Å². The quantitative estimate of drug-likeness (QED) is 0.604. The molecular formula is C13H24N2O5. The maximum Gasteiger partial charge on any atom is 0.329 e. The lowest BCUT2D eigenvalue weighted by molar-refractivity contribution is -0.161. The van der Waals surface area contributed by atoms with Crippen molar-refractivity contribution in [3.05, 3.63) is 0 Å². The minimum Gasteiger partial charge on any atom is -0.481 e. The van der Waals surface area contributed by atoms with Crippen molar-refractivity contribution in [3.8, 4) is 0 Å². The summed E-state index contributed by atoms with van der Waals surface area (Å²) in [5.74, 6) is -2.69. The second-order valence-corrected chi connectivity index (χ2v) is 5.96. The van der Waals surface area contributed by atoms with Crippen molar-refractivity contribution in [2.75, 3.05) is 0 Å². The van der Waals surface area contributed by atoms with Crippen LogP contribution in [0.1, 0.15) is 41.0 Å². The Morgan fingerprint density at radius 2 is 1.75 bits per heavy atom. The van der Waals surface area contributed by atoms with Crippen LogP contribution in [0.5, 0.6) is 0 Å². The van der Waals surface area contributed by atoms with Crippen LogP contribution in [0.15, 0.2) is 0 Å². The van der Waals surface area contributed by atoms with E-state index in [2.05, 4.69) is 5.32 Å². The van der Waals surface area contributed by atoms with Gasteiger partial charge >= 0.3 is 11.9 Å². The van der Waals surface area contributed by atoms with Crippen molar-refractivity contribution >= 4 is 17.8 Å². The zero-order valence-electron chi connectivity index (χ0n) is 12.6. The Balaban J connectivity index is 4.85. The molecule has 4 N–H and O–H groups in total. The second kappa shape index (κ2) is 7.23. The van der Waals surface area contributed by atoms with E-state index in [0.29, 0.717) is 0 Å². The molecular weight excluding hydrogens is 264 g/mol. The standard InChI is InChI=1S/C13H24N2O5/c1-7(2)10(14)11(18)15-8(6-9(16)17)12(19)20-13(3,4)5/h7-8,10H,6,14H2,1-5H3,(H,15,18)(H,16,17)/t8-,10-/m0/s1. The van der Waals surface area contributed by atoms with Gasteiger partial charge in [0.15, 0.2) is 0 Å². The summed E-state index contributed by atoms with van der Waals surface area (Å²) in [7, 11) is 0. The maximum absolute atomic E-state index is 11.9. The summed E-state index contributed by atoms with van der Waals surface area (Å²) in [4.78, 5) is 34.5. The highest BCUT2D eigenvalue weighted by atomic mass is 16.6. The number of amides is 1. The van der Waals surface area contributed by atoms with E-state index in [1.165, 1.54) is 0 Å². The lowest BCUT2D eigenvalue weighted by Gasteiger charge is -2.25. The average Bonchev–Trinajstić information content (AvgIpc) is 2.23. The summed E-state index contributed by atoms with van der Waals surface area (Å²) in [6, 6.07) is -2.06. The zero-order valence-corrected chi connectivity index (χ0v) is 12.6. The lowest BCUT2D eigenvalue weighted by Crippen LogP contribution is -2.52. The molecule has 0 aliphatic heterocycles. The molecule has 2 atom stereocenters. The zero-order chi connectivity index (χ0) is 16.1. The summed E-state index contributed by atoms with van der Waals surface area (Å²) in [6.07, 6.45) is -0.550. The van der Waals surface area contributed by atoms with E-state index < -0.39 is 42.0 Å². The number of aliphatic carboxylic acids is 1. The van der Waals surface area contributed by atoms with Gasteiger partial charge in [0.1, 0.15) is 11.6 Å². The van der Waals surface area contributed by atoms with Crippen LogP contribution >= 0.6 is 0 Å². The highest BCUT2D eigenvalue weighted by Crippen LogP contribution is 2.10. The first-order valence-corrected chi connectivity index (χ1v) is 6.44. The van der Waals surface area contributed by atoms with Crippen LogP contribution in [0.3, 0.4) is 0 Å². The van der Waals surface area contributed by atoms with E-state index in [1.807, 2.05) is 0 Å². The molecule has 0 bridgehead atoms. The monoisotopic (exact) mass is 288 g/mol. The van der Waals surface area contributed by atoms with E-state index in [9.17, 15) is 14.4 Å². The number of hydrogen-bond donors (Lipinski definition) is 3. The van der Waals surface area contributed by atoms with E-state index in [4.69, 9.17) is 15.6 Å². The van der Waals surface area contributed by atoms with Gasteiger partial charge in [0, 0.05) is 0 Å². The molecule has 7 heteroatoms. The fraction of sp³-hybridized carbons (Fsp3) is 0.769. The average molecular weight is 288 g/mol. The van der Waals surface area contributed by atoms with Crippen molar-refractivity contribution in [2.24, 2.45) is 11.7 Å². The van der Waals surface area contributed by atoms with Crippen LogP contribution in [0.25, 0.3) is 0 Å². The van der Waals surface area contributed by atoms with Crippen LogP contribution < -0.4 is 11.1 Å². The molecule has 0 aromatic heterocycles. The van der Waals surface area contributed by atoms with Gasteiger partial charge in [-0.1, -0.05) is 13.8 Å². The third-order valence-corrected chi connectivity index (χ3v) is 2.41. The minimum absolute atomic E-state index is 0.126. The number of rotatable bonds is 6. The number of nitrogens with two attached hydrogens (primary N) is 1. The van der Waals surface area contributed by atoms with Gasteiger partial charge in [0.25, 0.3) is 0 Å². The Bertz CT molecular complexity index is 373. The molecule has 1 amide bonds. The molecule has 0 aromatic rings. The van der Waals surface area contributed by atoms with Crippen LogP contribution in [-0.2, 0) is 19.1 Å². The van der Waals surface area contributed by atoms with E-state index in [1.54, 1.807) is 34.6 Å². The van der Waals surface area contributed by atoms with Gasteiger partial charge in [0.05, 0.1) is 12.5 Å². The number of esters is 1. The highest BCUT2D eigenvalue weighted by Gasteiger charge is 2.30. The van der Waals surface area contributed by atoms with E-state index >= 15 is 0 Å². The van der Waals surface area contributed by atoms with Crippen molar-refractivity contribution in [3.63, 3.8) is 0 Å². The van der Waals surface area contributed by atoms with Crippen LogP contribution in [0.4, 0.5) is 0 Å². The van der Waals surface area contributed by atoms with Crippen LogP contribution in [0.2, 0.25) is 0 Å². The summed E-state index contributed by atoms with van der Waals surface area (Å²) >= 11 is 0.